The lowest BCUT2D eigenvalue weighted by atomic mass is 9.85. The first-order valence-electron chi connectivity index (χ1n) is 10.0. The highest BCUT2D eigenvalue weighted by molar-refractivity contribution is 7.12. The zero-order chi connectivity index (χ0) is 24.6. The van der Waals surface area contributed by atoms with Gasteiger partial charge in [-0.15, -0.1) is 11.3 Å². The van der Waals surface area contributed by atoms with E-state index in [0.717, 1.165) is 16.4 Å². The molecule has 11 heteroatoms. The summed E-state index contributed by atoms with van der Waals surface area (Å²) in [5.74, 6) is -0.954. The zero-order valence-corrected chi connectivity index (χ0v) is 20.3. The number of hydrogen-bond donors (Lipinski definition) is 2. The molecule has 0 saturated carbocycles. The lowest BCUT2D eigenvalue weighted by Crippen LogP contribution is -2.30. The number of aromatic amines is 1. The van der Waals surface area contributed by atoms with Crippen molar-refractivity contribution in [1.82, 2.24) is 19.7 Å². The summed E-state index contributed by atoms with van der Waals surface area (Å²) < 4.78 is 0.984. The van der Waals surface area contributed by atoms with Crippen molar-refractivity contribution >= 4 is 40.5 Å². The van der Waals surface area contributed by atoms with E-state index in [2.05, 4.69) is 10.1 Å². The van der Waals surface area contributed by atoms with Crippen molar-refractivity contribution in [3.63, 3.8) is 0 Å². The molecule has 2 heterocycles. The van der Waals surface area contributed by atoms with Crippen molar-refractivity contribution in [2.75, 3.05) is 0 Å². The van der Waals surface area contributed by atoms with Crippen molar-refractivity contribution in [2.24, 2.45) is 0 Å². The lowest BCUT2D eigenvalue weighted by molar-refractivity contribution is -0.136. The van der Waals surface area contributed by atoms with Gasteiger partial charge in [-0.3, -0.25) is 14.6 Å². The standard InChI is InChI=1S/C23H18Cl2N4O4S/c1-23(2,21-28-20(12-6-4-3-5-7-12)16(34-21)10-18(31)32)19-14(24)8-13(9-15(19)25)29-22(33)27-17(30)11-26-29/h3-9,11H,10H2,1-2H3,(H,31,32)(H,27,30,33). The summed E-state index contributed by atoms with van der Waals surface area (Å²) in [4.78, 5) is 42.5. The molecule has 0 aliphatic heterocycles. The van der Waals surface area contributed by atoms with E-state index in [1.807, 2.05) is 44.2 Å². The second-order valence-corrected chi connectivity index (χ2v) is 9.89. The van der Waals surface area contributed by atoms with Gasteiger partial charge in [0.25, 0.3) is 5.56 Å². The summed E-state index contributed by atoms with van der Waals surface area (Å²) in [7, 11) is 0. The van der Waals surface area contributed by atoms with Gasteiger partial charge in [0.15, 0.2) is 0 Å². The average Bonchev–Trinajstić information content (AvgIpc) is 3.17. The monoisotopic (exact) mass is 516 g/mol. The van der Waals surface area contributed by atoms with Gasteiger partial charge in [0, 0.05) is 31.5 Å². The normalized spacial score (nSPS) is 11.5. The number of benzene rings is 2. The second-order valence-electron chi connectivity index (χ2n) is 7.99. The van der Waals surface area contributed by atoms with Crippen molar-refractivity contribution in [1.29, 1.82) is 0 Å². The molecule has 2 aromatic heterocycles. The molecule has 0 radical (unpaired) electrons. The summed E-state index contributed by atoms with van der Waals surface area (Å²) in [6.07, 6.45) is 0.810. The molecule has 8 nitrogen and oxygen atoms in total. The Kier molecular flexibility index (Phi) is 6.44. The Morgan fingerprint density at radius 1 is 1.15 bits per heavy atom. The molecule has 0 saturated heterocycles. The smallest absolute Gasteiger partial charge is 0.349 e. The van der Waals surface area contributed by atoms with Crippen molar-refractivity contribution in [3.8, 4) is 16.9 Å². The molecular formula is C23H18Cl2N4O4S. The van der Waals surface area contributed by atoms with Gasteiger partial charge in [-0.25, -0.2) is 9.78 Å². The van der Waals surface area contributed by atoms with E-state index in [0.29, 0.717) is 21.1 Å². The minimum absolute atomic E-state index is 0.167. The fourth-order valence-electron chi connectivity index (χ4n) is 3.62. The fourth-order valence-corrected chi connectivity index (χ4v) is 5.75. The predicted molar refractivity (Wildman–Crippen MR) is 131 cm³/mol. The summed E-state index contributed by atoms with van der Waals surface area (Å²) in [5, 5.41) is 14.4. The van der Waals surface area contributed by atoms with Crippen LogP contribution in [0.2, 0.25) is 10.0 Å². The van der Waals surface area contributed by atoms with Crippen LogP contribution in [0.3, 0.4) is 0 Å². The van der Waals surface area contributed by atoms with Gasteiger partial charge in [-0.1, -0.05) is 53.5 Å². The van der Waals surface area contributed by atoms with Gasteiger partial charge in [0.2, 0.25) is 0 Å². The maximum atomic E-state index is 12.1. The highest BCUT2D eigenvalue weighted by Gasteiger charge is 2.33. The Labute approximate surface area is 207 Å². The van der Waals surface area contributed by atoms with Crippen LogP contribution in [-0.2, 0) is 16.6 Å². The fraction of sp³-hybridized carbons (Fsp3) is 0.174. The maximum absolute atomic E-state index is 12.1. The Morgan fingerprint density at radius 2 is 1.79 bits per heavy atom. The Bertz CT molecular complexity index is 1490. The third kappa shape index (κ3) is 4.54. The number of nitrogens with one attached hydrogen (secondary N) is 1. The predicted octanol–water partition coefficient (Wildman–Crippen LogP) is 4.30. The molecule has 4 aromatic rings. The van der Waals surface area contributed by atoms with Crippen LogP contribution in [-0.4, -0.2) is 30.8 Å². The third-order valence-corrected chi connectivity index (χ3v) is 7.18. The van der Waals surface area contributed by atoms with Gasteiger partial charge in [0.05, 0.1) is 17.8 Å². The molecule has 174 valence electrons. The van der Waals surface area contributed by atoms with Crippen LogP contribution in [0.5, 0.6) is 0 Å². The lowest BCUT2D eigenvalue weighted by Gasteiger charge is -2.26. The molecule has 0 aliphatic rings. The number of thiazole rings is 1. The molecule has 2 aromatic carbocycles. The number of aliphatic carboxylic acids is 1. The van der Waals surface area contributed by atoms with E-state index >= 15 is 0 Å². The molecule has 0 amide bonds. The molecule has 0 unspecified atom stereocenters. The molecule has 0 aliphatic carbocycles. The van der Waals surface area contributed by atoms with Crippen LogP contribution in [0.1, 0.15) is 29.3 Å². The number of hydrogen-bond acceptors (Lipinski definition) is 6. The molecule has 0 bridgehead atoms. The number of carbonyl (C=O) groups is 1. The summed E-state index contributed by atoms with van der Waals surface area (Å²) >= 11 is 14.6. The van der Waals surface area contributed by atoms with E-state index in [9.17, 15) is 19.5 Å². The van der Waals surface area contributed by atoms with E-state index in [-0.39, 0.29) is 22.2 Å². The van der Waals surface area contributed by atoms with E-state index in [4.69, 9.17) is 28.2 Å². The third-order valence-electron chi connectivity index (χ3n) is 5.20. The number of carboxylic acid groups (broad SMARTS) is 1. The maximum Gasteiger partial charge on any atom is 0.349 e. The van der Waals surface area contributed by atoms with Crippen molar-refractivity contribution in [3.05, 3.63) is 95.0 Å². The number of nitrogens with zero attached hydrogens (tertiary/aromatic N) is 3. The molecule has 0 atom stereocenters. The largest absolute Gasteiger partial charge is 0.481 e. The van der Waals surface area contributed by atoms with E-state index in [1.165, 1.54) is 23.5 Å². The molecule has 4 rings (SSSR count). The summed E-state index contributed by atoms with van der Waals surface area (Å²) in [5.41, 5.74) is 0.126. The quantitative estimate of drug-likeness (QED) is 0.394. The van der Waals surface area contributed by atoms with Crippen LogP contribution in [0.15, 0.2) is 58.3 Å². The van der Waals surface area contributed by atoms with Gasteiger partial charge in [-0.05, 0) is 26.0 Å². The Hall–Kier alpha value is -3.27. The van der Waals surface area contributed by atoms with E-state index in [1.54, 1.807) is 0 Å². The SMILES string of the molecule is CC(C)(c1nc(-c2ccccc2)c(CC(=O)O)s1)c1c(Cl)cc(-n2ncc(=O)[nH]c2=O)cc1Cl. The van der Waals surface area contributed by atoms with Gasteiger partial charge >= 0.3 is 11.7 Å². The van der Waals surface area contributed by atoms with Gasteiger partial charge in [0.1, 0.15) is 11.2 Å². The number of rotatable bonds is 6. The first-order valence-corrected chi connectivity index (χ1v) is 11.6. The molecule has 0 fully saturated rings. The minimum atomic E-state index is -0.954. The number of halogens is 2. The van der Waals surface area contributed by atoms with Crippen LogP contribution in [0.25, 0.3) is 16.9 Å². The summed E-state index contributed by atoms with van der Waals surface area (Å²) in [6.45, 7) is 3.78. The topological polar surface area (TPSA) is 118 Å². The minimum Gasteiger partial charge on any atom is -0.481 e. The van der Waals surface area contributed by atoms with Crippen LogP contribution in [0, 0.1) is 0 Å². The average molecular weight is 517 g/mol. The molecular weight excluding hydrogens is 499 g/mol. The number of H-pyrrole nitrogens is 1. The van der Waals surface area contributed by atoms with Crippen molar-refractivity contribution < 1.29 is 9.90 Å². The molecule has 0 spiro atoms. The summed E-state index contributed by atoms with van der Waals surface area (Å²) in [6, 6.07) is 12.4. The van der Waals surface area contributed by atoms with Crippen molar-refractivity contribution in [2.45, 2.75) is 25.7 Å². The molecule has 2 N–H and O–H groups in total. The highest BCUT2D eigenvalue weighted by atomic mass is 35.5. The first kappa shape index (κ1) is 23.9. The van der Waals surface area contributed by atoms with Crippen LogP contribution < -0.4 is 11.2 Å². The van der Waals surface area contributed by atoms with E-state index < -0.39 is 22.6 Å². The number of carboxylic acids is 1. The molecule has 34 heavy (non-hydrogen) atoms. The van der Waals surface area contributed by atoms with Crippen LogP contribution >= 0.6 is 34.5 Å². The Morgan fingerprint density at radius 3 is 2.38 bits per heavy atom. The highest BCUT2D eigenvalue weighted by Crippen LogP contribution is 2.44. The first-order chi connectivity index (χ1) is 16.1. The van der Waals surface area contributed by atoms with Crippen LogP contribution in [0.4, 0.5) is 0 Å². The van der Waals surface area contributed by atoms with Gasteiger partial charge in [-0.2, -0.15) is 9.78 Å². The Balaban J connectivity index is 1.83. The number of aromatic nitrogens is 4. The van der Waals surface area contributed by atoms with Gasteiger partial charge < -0.3 is 5.11 Å². The zero-order valence-electron chi connectivity index (χ0n) is 18.0. The second kappa shape index (κ2) is 9.17.